The number of nitrogens with zero attached hydrogens (tertiary/aromatic N) is 1. The molecular formula is C12H12BrFN2O. The van der Waals surface area contributed by atoms with Gasteiger partial charge in [0.05, 0.1) is 22.5 Å². The van der Waals surface area contributed by atoms with E-state index < -0.39 is 11.7 Å². The van der Waals surface area contributed by atoms with E-state index in [0.717, 1.165) is 0 Å². The average molecular weight is 299 g/mol. The molecule has 3 nitrogen and oxygen atoms in total. The number of amides is 1. The molecule has 0 fully saturated rings. The summed E-state index contributed by atoms with van der Waals surface area (Å²) < 4.78 is 13.9. The van der Waals surface area contributed by atoms with Crippen LogP contribution in [0.4, 0.5) is 4.39 Å². The monoisotopic (exact) mass is 298 g/mol. The van der Waals surface area contributed by atoms with Gasteiger partial charge < -0.3 is 5.32 Å². The molecule has 0 aliphatic heterocycles. The number of carbonyl (C=O) groups excluding carboxylic acids is 1. The summed E-state index contributed by atoms with van der Waals surface area (Å²) in [4.78, 5) is 11.8. The van der Waals surface area contributed by atoms with Crippen molar-refractivity contribution in [3.63, 3.8) is 0 Å². The van der Waals surface area contributed by atoms with Crippen LogP contribution in [0.3, 0.4) is 0 Å². The Balaban J connectivity index is 2.83. The van der Waals surface area contributed by atoms with E-state index in [-0.39, 0.29) is 22.5 Å². The molecule has 1 unspecified atom stereocenters. The largest absolute Gasteiger partial charge is 0.348 e. The molecule has 0 bridgehead atoms. The lowest BCUT2D eigenvalue weighted by molar-refractivity contribution is 0.0932. The van der Waals surface area contributed by atoms with E-state index >= 15 is 0 Å². The van der Waals surface area contributed by atoms with Crippen LogP contribution in [0, 0.1) is 17.1 Å². The molecule has 1 rings (SSSR count). The topological polar surface area (TPSA) is 52.9 Å². The Labute approximate surface area is 108 Å². The Hall–Kier alpha value is -1.41. The van der Waals surface area contributed by atoms with Crippen molar-refractivity contribution >= 4 is 21.8 Å². The highest BCUT2D eigenvalue weighted by molar-refractivity contribution is 9.10. The van der Waals surface area contributed by atoms with Gasteiger partial charge in [-0.3, -0.25) is 4.79 Å². The van der Waals surface area contributed by atoms with Crippen molar-refractivity contribution in [1.82, 2.24) is 5.32 Å². The first-order valence-electron chi connectivity index (χ1n) is 5.22. The minimum absolute atomic E-state index is 0.0178. The predicted molar refractivity (Wildman–Crippen MR) is 65.9 cm³/mol. The fourth-order valence-electron chi connectivity index (χ4n) is 1.35. The van der Waals surface area contributed by atoms with E-state index in [1.54, 1.807) is 6.07 Å². The highest BCUT2D eigenvalue weighted by Crippen LogP contribution is 2.18. The molecule has 1 atom stereocenters. The smallest absolute Gasteiger partial charge is 0.254 e. The Bertz CT molecular complexity index is 456. The third-order valence-corrected chi connectivity index (χ3v) is 2.97. The molecule has 0 saturated heterocycles. The maximum Gasteiger partial charge on any atom is 0.254 e. The Morgan fingerprint density at radius 3 is 2.94 bits per heavy atom. The lowest BCUT2D eigenvalue weighted by Gasteiger charge is -2.14. The zero-order valence-electron chi connectivity index (χ0n) is 9.34. The van der Waals surface area contributed by atoms with Gasteiger partial charge in [0.2, 0.25) is 0 Å². The molecule has 0 aromatic heterocycles. The van der Waals surface area contributed by atoms with E-state index in [4.69, 9.17) is 5.26 Å². The lowest BCUT2D eigenvalue weighted by Crippen LogP contribution is -2.34. The number of nitriles is 1. The van der Waals surface area contributed by atoms with Gasteiger partial charge in [-0.15, -0.1) is 0 Å². The maximum atomic E-state index is 13.6. The van der Waals surface area contributed by atoms with E-state index in [2.05, 4.69) is 21.2 Å². The molecule has 0 radical (unpaired) electrons. The van der Waals surface area contributed by atoms with Gasteiger partial charge in [0, 0.05) is 6.04 Å². The molecule has 5 heteroatoms. The Morgan fingerprint density at radius 1 is 1.65 bits per heavy atom. The van der Waals surface area contributed by atoms with Crippen molar-refractivity contribution in [1.29, 1.82) is 5.26 Å². The summed E-state index contributed by atoms with van der Waals surface area (Å²) in [6, 6.07) is 6.27. The van der Waals surface area contributed by atoms with Gasteiger partial charge in [0.1, 0.15) is 5.82 Å². The second-order valence-electron chi connectivity index (χ2n) is 3.54. The molecular weight excluding hydrogens is 287 g/mol. The summed E-state index contributed by atoms with van der Waals surface area (Å²) >= 11 is 3.02. The summed E-state index contributed by atoms with van der Waals surface area (Å²) in [6.45, 7) is 1.86. The molecule has 0 spiro atoms. The van der Waals surface area contributed by atoms with Crippen molar-refractivity contribution < 1.29 is 9.18 Å². The van der Waals surface area contributed by atoms with Crippen LogP contribution >= 0.6 is 15.9 Å². The maximum absolute atomic E-state index is 13.6. The van der Waals surface area contributed by atoms with Crippen LogP contribution in [-0.4, -0.2) is 11.9 Å². The normalized spacial score (nSPS) is 11.6. The average Bonchev–Trinajstić information content (AvgIpc) is 2.31. The van der Waals surface area contributed by atoms with Crippen molar-refractivity contribution in [2.75, 3.05) is 0 Å². The van der Waals surface area contributed by atoms with Gasteiger partial charge in [-0.1, -0.05) is 13.0 Å². The first-order valence-corrected chi connectivity index (χ1v) is 6.01. The summed E-state index contributed by atoms with van der Waals surface area (Å²) in [5.41, 5.74) is -0.0178. The number of hydrogen-bond acceptors (Lipinski definition) is 2. The number of halogens is 2. The SMILES string of the molecule is CCC(CC#N)NC(=O)c1cccc(Br)c1F. The fourth-order valence-corrected chi connectivity index (χ4v) is 1.72. The van der Waals surface area contributed by atoms with E-state index in [1.807, 2.05) is 13.0 Å². The molecule has 17 heavy (non-hydrogen) atoms. The second-order valence-corrected chi connectivity index (χ2v) is 4.40. The van der Waals surface area contributed by atoms with Crippen LogP contribution in [0.1, 0.15) is 30.1 Å². The minimum Gasteiger partial charge on any atom is -0.348 e. The molecule has 1 aromatic carbocycles. The number of hydrogen-bond donors (Lipinski definition) is 1. The molecule has 0 heterocycles. The van der Waals surface area contributed by atoms with Gasteiger partial charge in [-0.05, 0) is 34.5 Å². The van der Waals surface area contributed by atoms with E-state index in [0.29, 0.717) is 6.42 Å². The molecule has 0 aliphatic rings. The summed E-state index contributed by atoms with van der Waals surface area (Å²) in [7, 11) is 0. The van der Waals surface area contributed by atoms with Crippen molar-refractivity contribution in [2.24, 2.45) is 0 Å². The van der Waals surface area contributed by atoms with Crippen molar-refractivity contribution in [3.8, 4) is 6.07 Å². The first kappa shape index (κ1) is 13.7. The molecule has 90 valence electrons. The zero-order valence-corrected chi connectivity index (χ0v) is 10.9. The second kappa shape index (κ2) is 6.36. The summed E-state index contributed by atoms with van der Waals surface area (Å²) in [5, 5.41) is 11.2. The first-order chi connectivity index (χ1) is 8.10. The Kier molecular flexibility index (Phi) is 5.11. The fraction of sp³-hybridized carbons (Fsp3) is 0.333. The van der Waals surface area contributed by atoms with Gasteiger partial charge in [0.15, 0.2) is 0 Å². The quantitative estimate of drug-likeness (QED) is 0.929. The van der Waals surface area contributed by atoms with Crippen molar-refractivity contribution in [2.45, 2.75) is 25.8 Å². The predicted octanol–water partition coefficient (Wildman–Crippen LogP) is 3.01. The molecule has 0 aliphatic carbocycles. The van der Waals surface area contributed by atoms with Crippen LogP contribution in [0.5, 0.6) is 0 Å². The van der Waals surface area contributed by atoms with Crippen LogP contribution in [0.25, 0.3) is 0 Å². The zero-order chi connectivity index (χ0) is 12.8. The van der Waals surface area contributed by atoms with Crippen LogP contribution < -0.4 is 5.32 Å². The van der Waals surface area contributed by atoms with E-state index in [9.17, 15) is 9.18 Å². The van der Waals surface area contributed by atoms with Gasteiger partial charge in [-0.25, -0.2) is 4.39 Å². The van der Waals surface area contributed by atoms with E-state index in [1.165, 1.54) is 12.1 Å². The number of carbonyl (C=O) groups is 1. The van der Waals surface area contributed by atoms with Crippen LogP contribution in [0.15, 0.2) is 22.7 Å². The molecule has 1 N–H and O–H groups in total. The minimum atomic E-state index is -0.586. The number of nitrogens with one attached hydrogen (secondary N) is 1. The van der Waals surface area contributed by atoms with Gasteiger partial charge >= 0.3 is 0 Å². The van der Waals surface area contributed by atoms with Crippen LogP contribution in [0.2, 0.25) is 0 Å². The van der Waals surface area contributed by atoms with Gasteiger partial charge in [0.25, 0.3) is 5.91 Å². The van der Waals surface area contributed by atoms with Gasteiger partial charge in [-0.2, -0.15) is 5.26 Å². The highest BCUT2D eigenvalue weighted by atomic mass is 79.9. The standard InChI is InChI=1S/C12H12BrFN2O/c1-2-8(6-7-15)16-12(17)9-4-3-5-10(13)11(9)14/h3-5,8H,2,6H2,1H3,(H,16,17). The highest BCUT2D eigenvalue weighted by Gasteiger charge is 2.16. The third kappa shape index (κ3) is 3.53. The van der Waals surface area contributed by atoms with Crippen LogP contribution in [-0.2, 0) is 0 Å². The molecule has 1 aromatic rings. The number of benzene rings is 1. The van der Waals surface area contributed by atoms with Crippen molar-refractivity contribution in [3.05, 3.63) is 34.1 Å². The lowest BCUT2D eigenvalue weighted by atomic mass is 10.1. The molecule has 0 saturated carbocycles. The molecule has 1 amide bonds. The summed E-state index contributed by atoms with van der Waals surface area (Å²) in [5.74, 6) is -1.08. The third-order valence-electron chi connectivity index (χ3n) is 2.36. The number of rotatable bonds is 4. The summed E-state index contributed by atoms with van der Waals surface area (Å²) in [6.07, 6.45) is 0.854. The Morgan fingerprint density at radius 2 is 2.35 bits per heavy atom.